The molecule has 9 heavy (non-hydrogen) atoms. The zero-order chi connectivity index (χ0) is 7.02. The lowest BCUT2D eigenvalue weighted by atomic mass is 10.3. The minimum Gasteiger partial charge on any atom is -0.393 e. The van der Waals surface area contributed by atoms with E-state index in [2.05, 4.69) is 0 Å². The molecule has 0 amide bonds. The molecule has 1 fully saturated rings. The molecule has 0 spiro atoms. The van der Waals surface area contributed by atoms with Crippen molar-refractivity contribution >= 4 is 34.4 Å². The molecule has 2 atom stereocenters. The highest BCUT2D eigenvalue weighted by Gasteiger charge is 2.41. The largest absolute Gasteiger partial charge is 0.393 e. The fraction of sp³-hybridized carbons (Fsp3) is 0.600. The average molecular weight is 160 g/mol. The maximum atomic E-state index is 5.34. The van der Waals surface area contributed by atoms with Gasteiger partial charge in [0.15, 0.2) is 0 Å². The third-order valence-electron chi connectivity index (χ3n) is 1.52. The van der Waals surface area contributed by atoms with Crippen molar-refractivity contribution < 1.29 is 0 Å². The third kappa shape index (κ3) is 1.37. The fourth-order valence-electron chi connectivity index (χ4n) is 0.824. The second-order valence-electron chi connectivity index (χ2n) is 2.25. The van der Waals surface area contributed by atoms with E-state index in [-0.39, 0.29) is 0 Å². The lowest BCUT2D eigenvalue weighted by molar-refractivity contribution is 1.10. The average Bonchev–Trinajstić information content (AvgIpc) is 2.39. The van der Waals surface area contributed by atoms with Gasteiger partial charge in [-0.3, -0.25) is 0 Å². The smallest absolute Gasteiger partial charge is 0.0766 e. The highest BCUT2D eigenvalue weighted by atomic mass is 32.1. The van der Waals surface area contributed by atoms with Crippen LogP contribution in [-0.2, 0) is 0 Å². The molecule has 0 unspecified atom stereocenters. The van der Waals surface area contributed by atoms with Crippen LogP contribution in [0.3, 0.4) is 0 Å². The quantitative estimate of drug-likeness (QED) is 0.566. The van der Waals surface area contributed by atoms with Gasteiger partial charge in [0.1, 0.15) is 0 Å². The van der Waals surface area contributed by atoms with Crippen LogP contribution in [0.25, 0.3) is 0 Å². The van der Waals surface area contributed by atoms with Crippen LogP contribution in [0, 0.1) is 11.8 Å². The van der Waals surface area contributed by atoms with Crippen molar-refractivity contribution in [3.8, 4) is 0 Å². The highest BCUT2D eigenvalue weighted by molar-refractivity contribution is 7.80. The van der Waals surface area contributed by atoms with Crippen LogP contribution in [0.15, 0.2) is 0 Å². The van der Waals surface area contributed by atoms with Crippen molar-refractivity contribution in [2.75, 3.05) is 0 Å². The van der Waals surface area contributed by atoms with Gasteiger partial charge in [0.2, 0.25) is 0 Å². The van der Waals surface area contributed by atoms with Crippen LogP contribution in [0.2, 0.25) is 0 Å². The van der Waals surface area contributed by atoms with Gasteiger partial charge in [-0.1, -0.05) is 24.4 Å². The van der Waals surface area contributed by atoms with Crippen LogP contribution >= 0.6 is 24.4 Å². The Morgan fingerprint density at radius 3 is 1.56 bits per heavy atom. The van der Waals surface area contributed by atoms with Gasteiger partial charge >= 0.3 is 0 Å². The second kappa shape index (κ2) is 2.19. The first-order valence-corrected chi connectivity index (χ1v) is 3.53. The number of hydrogen-bond acceptors (Lipinski definition) is 2. The molecule has 50 valence electrons. The minimum atomic E-state index is 0.303. The predicted molar refractivity (Wildman–Crippen MR) is 45.2 cm³/mol. The normalized spacial score (nSPS) is 31.6. The van der Waals surface area contributed by atoms with Gasteiger partial charge in [0, 0.05) is 11.8 Å². The maximum absolute atomic E-state index is 5.34. The summed E-state index contributed by atoms with van der Waals surface area (Å²) < 4.78 is 0. The molecule has 0 bridgehead atoms. The van der Waals surface area contributed by atoms with Gasteiger partial charge < -0.3 is 11.5 Å². The van der Waals surface area contributed by atoms with E-state index in [1.165, 1.54) is 0 Å². The van der Waals surface area contributed by atoms with Crippen molar-refractivity contribution in [2.24, 2.45) is 23.3 Å². The molecule has 1 aliphatic carbocycles. The van der Waals surface area contributed by atoms with Crippen molar-refractivity contribution in [1.29, 1.82) is 0 Å². The second-order valence-corrected chi connectivity index (χ2v) is 3.20. The van der Waals surface area contributed by atoms with E-state index in [9.17, 15) is 0 Å². The summed E-state index contributed by atoms with van der Waals surface area (Å²) in [5, 5.41) is 0. The Hall–Kier alpha value is -0.220. The van der Waals surface area contributed by atoms with E-state index in [0.717, 1.165) is 6.42 Å². The lowest BCUT2D eigenvalue weighted by Gasteiger charge is -1.92. The van der Waals surface area contributed by atoms with Gasteiger partial charge in [0.05, 0.1) is 9.98 Å². The number of rotatable bonds is 2. The van der Waals surface area contributed by atoms with Gasteiger partial charge in [-0.2, -0.15) is 0 Å². The van der Waals surface area contributed by atoms with E-state index in [4.69, 9.17) is 35.9 Å². The van der Waals surface area contributed by atoms with E-state index in [0.29, 0.717) is 21.8 Å². The lowest BCUT2D eigenvalue weighted by Crippen LogP contribution is -2.17. The first-order chi connectivity index (χ1) is 4.13. The molecule has 0 radical (unpaired) electrons. The predicted octanol–water partition coefficient (Wildman–Crippen LogP) is 0.195. The SMILES string of the molecule is NC(=S)[C@H]1C[C@@H]1C(N)=S. The molecular weight excluding hydrogens is 152 g/mol. The number of hydrogen-bond donors (Lipinski definition) is 2. The summed E-state index contributed by atoms with van der Waals surface area (Å²) in [5.41, 5.74) is 10.7. The molecule has 4 N–H and O–H groups in total. The molecule has 1 saturated carbocycles. The van der Waals surface area contributed by atoms with Gasteiger partial charge in [0.25, 0.3) is 0 Å². The molecule has 1 aliphatic rings. The van der Waals surface area contributed by atoms with E-state index < -0.39 is 0 Å². The van der Waals surface area contributed by atoms with Gasteiger partial charge in [-0.05, 0) is 6.42 Å². The van der Waals surface area contributed by atoms with Crippen LogP contribution in [0.5, 0.6) is 0 Å². The molecule has 0 heterocycles. The van der Waals surface area contributed by atoms with E-state index in [1.54, 1.807) is 0 Å². The molecule has 0 aromatic rings. The monoisotopic (exact) mass is 160 g/mol. The summed E-state index contributed by atoms with van der Waals surface area (Å²) in [7, 11) is 0. The molecule has 1 rings (SSSR count). The molecule has 0 aliphatic heterocycles. The molecule has 4 heteroatoms. The summed E-state index contributed by atoms with van der Waals surface area (Å²) in [5.74, 6) is 0.606. The first kappa shape index (κ1) is 6.89. The Balaban J connectivity index is 2.42. The van der Waals surface area contributed by atoms with Crippen molar-refractivity contribution in [3.63, 3.8) is 0 Å². The summed E-state index contributed by atoms with van der Waals surface area (Å²) in [6, 6.07) is 0. The third-order valence-corrected chi connectivity index (χ3v) is 2.13. The van der Waals surface area contributed by atoms with Crippen LogP contribution in [-0.4, -0.2) is 9.98 Å². The zero-order valence-corrected chi connectivity index (χ0v) is 6.47. The molecule has 0 saturated heterocycles. The van der Waals surface area contributed by atoms with Crippen molar-refractivity contribution in [1.82, 2.24) is 0 Å². The Morgan fingerprint density at radius 2 is 1.44 bits per heavy atom. The van der Waals surface area contributed by atoms with Crippen LogP contribution in [0.1, 0.15) is 6.42 Å². The Morgan fingerprint density at radius 1 is 1.11 bits per heavy atom. The minimum absolute atomic E-state index is 0.303. The summed E-state index contributed by atoms with van der Waals surface area (Å²) in [6.07, 6.45) is 0.963. The van der Waals surface area contributed by atoms with Crippen LogP contribution < -0.4 is 11.5 Å². The number of nitrogens with two attached hydrogens (primary N) is 2. The topological polar surface area (TPSA) is 52.0 Å². The molecular formula is C5H8N2S2. The summed E-state index contributed by atoms with van der Waals surface area (Å²) >= 11 is 9.48. The fourth-order valence-corrected chi connectivity index (χ4v) is 1.34. The maximum Gasteiger partial charge on any atom is 0.0766 e. The van der Waals surface area contributed by atoms with E-state index >= 15 is 0 Å². The summed E-state index contributed by atoms with van der Waals surface area (Å²) in [4.78, 5) is 1.10. The van der Waals surface area contributed by atoms with Crippen molar-refractivity contribution in [3.05, 3.63) is 0 Å². The molecule has 0 aromatic carbocycles. The Labute approximate surface area is 64.6 Å². The van der Waals surface area contributed by atoms with Crippen molar-refractivity contribution in [2.45, 2.75) is 6.42 Å². The van der Waals surface area contributed by atoms with E-state index in [1.807, 2.05) is 0 Å². The number of thiocarbonyl (C=S) groups is 2. The molecule has 0 aromatic heterocycles. The van der Waals surface area contributed by atoms with Gasteiger partial charge in [-0.15, -0.1) is 0 Å². The Kier molecular flexibility index (Phi) is 1.68. The Bertz CT molecular complexity index is 148. The standard InChI is InChI=1S/C5H8N2S2/c6-4(8)2-1-3(2)5(7)9/h2-3H,1H2,(H2,6,8)(H2,7,9)/t2-,3-/m0/s1. The summed E-state index contributed by atoms with van der Waals surface area (Å²) in [6.45, 7) is 0. The van der Waals surface area contributed by atoms with Gasteiger partial charge in [-0.25, -0.2) is 0 Å². The zero-order valence-electron chi connectivity index (χ0n) is 4.83. The van der Waals surface area contributed by atoms with Crippen LogP contribution in [0.4, 0.5) is 0 Å². The highest BCUT2D eigenvalue weighted by Crippen LogP contribution is 2.38. The first-order valence-electron chi connectivity index (χ1n) is 2.71. The molecule has 2 nitrogen and oxygen atoms in total.